The summed E-state index contributed by atoms with van der Waals surface area (Å²) >= 11 is 5.91. The van der Waals surface area contributed by atoms with Crippen molar-refractivity contribution >= 4 is 40.0 Å². The molecule has 31 heavy (non-hydrogen) atoms. The van der Waals surface area contributed by atoms with Crippen LogP contribution >= 0.6 is 11.6 Å². The molecule has 0 spiro atoms. The molecule has 156 valence electrons. The summed E-state index contributed by atoms with van der Waals surface area (Å²) in [6, 6.07) is 16.5. The predicted molar refractivity (Wildman–Crippen MR) is 116 cm³/mol. The number of methoxy groups -OCH3 is 1. The topological polar surface area (TPSA) is 108 Å². The van der Waals surface area contributed by atoms with E-state index in [0.717, 1.165) is 5.56 Å². The molecule has 0 saturated heterocycles. The fourth-order valence-electron chi connectivity index (χ4n) is 3.08. The summed E-state index contributed by atoms with van der Waals surface area (Å²) in [7, 11) is 1.33. The van der Waals surface area contributed by atoms with E-state index in [4.69, 9.17) is 20.8 Å². The third kappa shape index (κ3) is 4.49. The lowest BCUT2D eigenvalue weighted by Gasteiger charge is -2.06. The number of aromatic nitrogens is 1. The van der Waals surface area contributed by atoms with Gasteiger partial charge in [-0.2, -0.15) is 0 Å². The second-order valence-corrected chi connectivity index (χ2v) is 7.13. The standard InChI is InChI=1S/C22H16ClN3O5/c1-30-20-8-4-14(11-18(20)26(28)29)22(27)24-16-7-9-19-17(12-16)25-21(31-19)10-13-2-5-15(23)6-3-13/h2-9,11-12H,10H2,1H3,(H,24,27). The fourth-order valence-corrected chi connectivity index (χ4v) is 3.21. The van der Waals surface area contributed by atoms with Gasteiger partial charge in [-0.25, -0.2) is 4.98 Å². The third-order valence-electron chi connectivity index (χ3n) is 4.60. The molecule has 1 aromatic heterocycles. The summed E-state index contributed by atoms with van der Waals surface area (Å²) in [5, 5.41) is 14.6. The zero-order valence-corrected chi connectivity index (χ0v) is 17.1. The molecule has 1 heterocycles. The first-order valence-corrected chi connectivity index (χ1v) is 9.58. The van der Waals surface area contributed by atoms with E-state index in [1.165, 1.54) is 25.3 Å². The van der Waals surface area contributed by atoms with Crippen LogP contribution in [0.5, 0.6) is 5.75 Å². The average molecular weight is 438 g/mol. The fraction of sp³-hybridized carbons (Fsp3) is 0.0909. The average Bonchev–Trinajstić information content (AvgIpc) is 3.16. The highest BCUT2D eigenvalue weighted by Crippen LogP contribution is 2.28. The van der Waals surface area contributed by atoms with Gasteiger partial charge < -0.3 is 14.5 Å². The van der Waals surface area contributed by atoms with Crippen molar-refractivity contribution in [3.8, 4) is 5.75 Å². The van der Waals surface area contributed by atoms with Crippen molar-refractivity contribution in [3.63, 3.8) is 0 Å². The molecule has 8 nitrogen and oxygen atoms in total. The number of anilines is 1. The summed E-state index contributed by atoms with van der Waals surface area (Å²) in [4.78, 5) is 27.6. The van der Waals surface area contributed by atoms with Crippen LogP contribution in [0.25, 0.3) is 11.1 Å². The van der Waals surface area contributed by atoms with Crippen LogP contribution in [0.2, 0.25) is 5.02 Å². The van der Waals surface area contributed by atoms with Crippen LogP contribution in [0.3, 0.4) is 0 Å². The molecule has 0 saturated carbocycles. The summed E-state index contributed by atoms with van der Waals surface area (Å²) in [6.07, 6.45) is 0.503. The summed E-state index contributed by atoms with van der Waals surface area (Å²) in [5.74, 6) is 0.125. The number of hydrogen-bond donors (Lipinski definition) is 1. The molecule has 9 heteroatoms. The van der Waals surface area contributed by atoms with Crippen LogP contribution in [0.4, 0.5) is 11.4 Å². The minimum absolute atomic E-state index is 0.0822. The number of hydrogen-bond acceptors (Lipinski definition) is 6. The molecule has 0 fully saturated rings. The van der Waals surface area contributed by atoms with E-state index >= 15 is 0 Å². The molecule has 1 N–H and O–H groups in total. The van der Waals surface area contributed by atoms with Gasteiger partial charge in [0.2, 0.25) is 0 Å². The maximum Gasteiger partial charge on any atom is 0.311 e. The quantitative estimate of drug-likeness (QED) is 0.326. The van der Waals surface area contributed by atoms with E-state index in [1.807, 2.05) is 12.1 Å². The van der Waals surface area contributed by atoms with Gasteiger partial charge in [0.1, 0.15) is 5.52 Å². The van der Waals surface area contributed by atoms with Crippen LogP contribution < -0.4 is 10.1 Å². The van der Waals surface area contributed by atoms with Crippen LogP contribution in [0, 0.1) is 10.1 Å². The van der Waals surface area contributed by atoms with Gasteiger partial charge in [-0.3, -0.25) is 14.9 Å². The number of benzene rings is 3. The molecule has 0 bridgehead atoms. The molecule has 0 aliphatic carbocycles. The second kappa shape index (κ2) is 8.45. The van der Waals surface area contributed by atoms with Gasteiger partial charge in [0, 0.05) is 28.8 Å². The Morgan fingerprint density at radius 2 is 1.94 bits per heavy atom. The van der Waals surface area contributed by atoms with Crippen molar-refractivity contribution in [2.75, 3.05) is 12.4 Å². The Balaban J connectivity index is 1.53. The number of fused-ring (bicyclic) bond motifs is 1. The van der Waals surface area contributed by atoms with Crippen molar-refractivity contribution in [3.05, 3.63) is 92.8 Å². The Hall–Kier alpha value is -3.91. The van der Waals surface area contributed by atoms with E-state index in [0.29, 0.717) is 34.1 Å². The van der Waals surface area contributed by atoms with E-state index in [2.05, 4.69) is 10.3 Å². The number of nitrogens with one attached hydrogen (secondary N) is 1. The van der Waals surface area contributed by atoms with Gasteiger partial charge in [0.05, 0.1) is 12.0 Å². The Labute approximate surface area is 181 Å². The third-order valence-corrected chi connectivity index (χ3v) is 4.85. The van der Waals surface area contributed by atoms with E-state index in [1.54, 1.807) is 30.3 Å². The van der Waals surface area contributed by atoms with Gasteiger partial charge in [-0.15, -0.1) is 0 Å². The van der Waals surface area contributed by atoms with Crippen LogP contribution in [-0.2, 0) is 6.42 Å². The van der Waals surface area contributed by atoms with Crippen molar-refractivity contribution in [1.82, 2.24) is 4.98 Å². The number of oxazole rings is 1. The van der Waals surface area contributed by atoms with Gasteiger partial charge in [-0.1, -0.05) is 23.7 Å². The number of rotatable bonds is 6. The first-order chi connectivity index (χ1) is 14.9. The van der Waals surface area contributed by atoms with Gasteiger partial charge in [0.15, 0.2) is 17.2 Å². The first-order valence-electron chi connectivity index (χ1n) is 9.20. The molecule has 0 atom stereocenters. The largest absolute Gasteiger partial charge is 0.490 e. The number of amides is 1. The van der Waals surface area contributed by atoms with Gasteiger partial charge >= 0.3 is 5.69 Å². The SMILES string of the molecule is COc1ccc(C(=O)Nc2ccc3oc(Cc4ccc(Cl)cc4)nc3c2)cc1[N+](=O)[O-]. The lowest BCUT2D eigenvalue weighted by molar-refractivity contribution is -0.385. The number of carbonyl (C=O) groups excluding carboxylic acids is 1. The minimum Gasteiger partial charge on any atom is -0.490 e. The summed E-state index contributed by atoms with van der Waals surface area (Å²) in [5.41, 5.74) is 2.52. The molecular formula is C22H16ClN3O5. The number of halogens is 1. The predicted octanol–water partition coefficient (Wildman–Crippen LogP) is 5.24. The maximum absolute atomic E-state index is 12.6. The maximum atomic E-state index is 12.6. The highest BCUT2D eigenvalue weighted by atomic mass is 35.5. The molecule has 4 aromatic rings. The molecule has 1 amide bonds. The number of nitro groups is 1. The highest BCUT2D eigenvalue weighted by molar-refractivity contribution is 6.30. The monoisotopic (exact) mass is 437 g/mol. The number of nitrogens with zero attached hydrogens (tertiary/aromatic N) is 2. The number of nitro benzene ring substituents is 1. The zero-order chi connectivity index (χ0) is 22.0. The normalized spacial score (nSPS) is 10.8. The van der Waals surface area contributed by atoms with Crippen molar-refractivity contribution in [1.29, 1.82) is 0 Å². The Morgan fingerprint density at radius 1 is 1.16 bits per heavy atom. The van der Waals surface area contributed by atoms with Crippen molar-refractivity contribution in [2.45, 2.75) is 6.42 Å². The van der Waals surface area contributed by atoms with Gasteiger partial charge in [-0.05, 0) is 48.0 Å². The Bertz CT molecular complexity index is 1280. The van der Waals surface area contributed by atoms with Crippen molar-refractivity contribution in [2.24, 2.45) is 0 Å². The van der Waals surface area contributed by atoms with Crippen LogP contribution in [0.1, 0.15) is 21.8 Å². The number of carbonyl (C=O) groups is 1. The molecular weight excluding hydrogens is 422 g/mol. The van der Waals surface area contributed by atoms with E-state index in [-0.39, 0.29) is 17.0 Å². The molecule has 0 unspecified atom stereocenters. The summed E-state index contributed by atoms with van der Waals surface area (Å²) < 4.78 is 10.7. The minimum atomic E-state index is -0.598. The Kier molecular flexibility index (Phi) is 5.55. The molecule has 3 aromatic carbocycles. The highest BCUT2D eigenvalue weighted by Gasteiger charge is 2.18. The van der Waals surface area contributed by atoms with E-state index < -0.39 is 10.8 Å². The summed E-state index contributed by atoms with van der Waals surface area (Å²) in [6.45, 7) is 0. The van der Waals surface area contributed by atoms with Crippen LogP contribution in [0.15, 0.2) is 65.1 Å². The molecule has 0 radical (unpaired) electrons. The van der Waals surface area contributed by atoms with Gasteiger partial charge in [0.25, 0.3) is 5.91 Å². The zero-order valence-electron chi connectivity index (χ0n) is 16.3. The first kappa shape index (κ1) is 20.4. The lowest BCUT2D eigenvalue weighted by Crippen LogP contribution is -2.12. The van der Waals surface area contributed by atoms with Crippen molar-refractivity contribution < 1.29 is 18.9 Å². The molecule has 0 aliphatic heterocycles. The molecule has 4 rings (SSSR count). The van der Waals surface area contributed by atoms with E-state index in [9.17, 15) is 14.9 Å². The number of ether oxygens (including phenoxy) is 1. The lowest BCUT2D eigenvalue weighted by atomic mass is 10.1. The molecule has 0 aliphatic rings. The second-order valence-electron chi connectivity index (χ2n) is 6.69. The Morgan fingerprint density at radius 3 is 2.65 bits per heavy atom. The smallest absolute Gasteiger partial charge is 0.311 e. The van der Waals surface area contributed by atoms with Crippen LogP contribution in [-0.4, -0.2) is 22.9 Å².